The highest BCUT2D eigenvalue weighted by molar-refractivity contribution is 5.97. The van der Waals surface area contributed by atoms with Crippen molar-refractivity contribution in [3.05, 3.63) is 66.5 Å². The third-order valence-corrected chi connectivity index (χ3v) is 4.55. The van der Waals surface area contributed by atoms with E-state index in [1.54, 1.807) is 13.0 Å². The number of nitrogens with one attached hydrogen (secondary N) is 1. The smallest absolute Gasteiger partial charge is 0.328 e. The predicted octanol–water partition coefficient (Wildman–Crippen LogP) is 3.01. The third-order valence-electron chi connectivity index (χ3n) is 4.55. The molecule has 2 rings (SSSR count). The number of ether oxygens (including phenoxy) is 3. The standard InChI is InChI=1S/C23H28N2O6/c1-5-9-18(30-14-17-10-7-6-8-11-17)16(3)31-23(28)15(2)25-22(27)20-21(26)19(29-4)12-13-24-20/h5-8,10-13,15-16,18,26H,1,9,14H2,2-4H3,(H,25,27)/t15-,16?,18?/m0/s1. The Kier molecular flexibility index (Phi) is 9.02. The lowest BCUT2D eigenvalue weighted by molar-refractivity contribution is -0.158. The first-order valence-corrected chi connectivity index (χ1v) is 9.87. The zero-order valence-electron chi connectivity index (χ0n) is 17.9. The third kappa shape index (κ3) is 6.82. The minimum absolute atomic E-state index is 0.104. The minimum Gasteiger partial charge on any atom is -0.503 e. The molecular weight excluding hydrogens is 400 g/mol. The number of esters is 1. The molecule has 1 heterocycles. The maximum atomic E-state index is 12.5. The van der Waals surface area contributed by atoms with Gasteiger partial charge in [-0.3, -0.25) is 4.79 Å². The van der Waals surface area contributed by atoms with Crippen LogP contribution in [0.3, 0.4) is 0 Å². The first-order valence-electron chi connectivity index (χ1n) is 9.87. The first kappa shape index (κ1) is 23.9. The average Bonchev–Trinajstić information content (AvgIpc) is 2.77. The number of carbonyl (C=O) groups is 2. The molecule has 3 atom stereocenters. The Morgan fingerprint density at radius 3 is 2.58 bits per heavy atom. The Balaban J connectivity index is 1.94. The monoisotopic (exact) mass is 428 g/mol. The molecule has 2 aromatic rings. The highest BCUT2D eigenvalue weighted by Crippen LogP contribution is 2.27. The van der Waals surface area contributed by atoms with Gasteiger partial charge in [0.2, 0.25) is 0 Å². The fraction of sp³-hybridized carbons (Fsp3) is 0.348. The van der Waals surface area contributed by atoms with Gasteiger partial charge in [-0.25, -0.2) is 9.78 Å². The molecule has 1 aromatic carbocycles. The van der Waals surface area contributed by atoms with Crippen molar-refractivity contribution < 1.29 is 28.9 Å². The van der Waals surface area contributed by atoms with E-state index in [0.29, 0.717) is 13.0 Å². The second-order valence-corrected chi connectivity index (χ2v) is 6.91. The number of hydrogen-bond donors (Lipinski definition) is 2. The van der Waals surface area contributed by atoms with Crippen molar-refractivity contribution in [2.75, 3.05) is 7.11 Å². The van der Waals surface area contributed by atoms with Crippen molar-refractivity contribution in [1.82, 2.24) is 10.3 Å². The van der Waals surface area contributed by atoms with Gasteiger partial charge >= 0.3 is 5.97 Å². The Labute approximate surface area is 181 Å². The molecular formula is C23H28N2O6. The van der Waals surface area contributed by atoms with Crippen molar-refractivity contribution in [2.24, 2.45) is 0 Å². The number of benzene rings is 1. The van der Waals surface area contributed by atoms with Crippen LogP contribution in [0.25, 0.3) is 0 Å². The molecule has 31 heavy (non-hydrogen) atoms. The van der Waals surface area contributed by atoms with Crippen molar-refractivity contribution in [2.45, 2.75) is 45.1 Å². The Morgan fingerprint density at radius 2 is 1.94 bits per heavy atom. The van der Waals surface area contributed by atoms with Crippen LogP contribution in [0.2, 0.25) is 0 Å². The molecule has 0 aliphatic carbocycles. The lowest BCUT2D eigenvalue weighted by Crippen LogP contribution is -2.42. The van der Waals surface area contributed by atoms with Gasteiger partial charge in [0.05, 0.1) is 19.8 Å². The summed E-state index contributed by atoms with van der Waals surface area (Å²) in [4.78, 5) is 28.7. The number of methoxy groups -OCH3 is 1. The van der Waals surface area contributed by atoms with Crippen LogP contribution in [0.1, 0.15) is 36.3 Å². The van der Waals surface area contributed by atoms with E-state index in [1.807, 2.05) is 30.3 Å². The van der Waals surface area contributed by atoms with E-state index >= 15 is 0 Å². The van der Waals surface area contributed by atoms with E-state index in [0.717, 1.165) is 5.56 Å². The molecule has 8 nitrogen and oxygen atoms in total. The molecule has 0 aliphatic heterocycles. The van der Waals surface area contributed by atoms with Gasteiger partial charge in [-0.05, 0) is 25.8 Å². The summed E-state index contributed by atoms with van der Waals surface area (Å²) in [6.45, 7) is 7.31. The quantitative estimate of drug-likeness (QED) is 0.418. The first-order chi connectivity index (χ1) is 14.9. The Hall–Kier alpha value is -3.39. The predicted molar refractivity (Wildman–Crippen MR) is 115 cm³/mol. The number of pyridine rings is 1. The number of rotatable bonds is 11. The van der Waals surface area contributed by atoms with E-state index in [2.05, 4.69) is 16.9 Å². The van der Waals surface area contributed by atoms with Crippen LogP contribution < -0.4 is 10.1 Å². The van der Waals surface area contributed by atoms with Crippen LogP contribution in [0.15, 0.2) is 55.3 Å². The molecule has 2 N–H and O–H groups in total. The molecule has 0 bridgehead atoms. The van der Waals surface area contributed by atoms with Crippen LogP contribution in [0, 0.1) is 0 Å². The van der Waals surface area contributed by atoms with Gasteiger partial charge in [-0.15, -0.1) is 6.58 Å². The van der Waals surface area contributed by atoms with E-state index in [-0.39, 0.29) is 11.4 Å². The molecule has 0 saturated carbocycles. The van der Waals surface area contributed by atoms with Crippen molar-refractivity contribution in [3.8, 4) is 11.5 Å². The topological polar surface area (TPSA) is 107 Å². The van der Waals surface area contributed by atoms with Gasteiger partial charge in [0.15, 0.2) is 17.2 Å². The van der Waals surface area contributed by atoms with Crippen molar-refractivity contribution in [3.63, 3.8) is 0 Å². The molecule has 0 fully saturated rings. The number of amides is 1. The highest BCUT2D eigenvalue weighted by atomic mass is 16.6. The van der Waals surface area contributed by atoms with Crippen molar-refractivity contribution >= 4 is 11.9 Å². The van der Waals surface area contributed by atoms with Gasteiger partial charge < -0.3 is 24.6 Å². The normalized spacial score (nSPS) is 13.5. The molecule has 2 unspecified atom stereocenters. The SMILES string of the molecule is C=CCC(OCc1ccccc1)C(C)OC(=O)[C@H](C)NC(=O)c1nccc(OC)c1O. The maximum Gasteiger partial charge on any atom is 0.328 e. The molecule has 166 valence electrons. The van der Waals surface area contributed by atoms with E-state index < -0.39 is 35.9 Å². The molecule has 0 aliphatic rings. The molecule has 1 aromatic heterocycles. The molecule has 0 saturated heterocycles. The summed E-state index contributed by atoms with van der Waals surface area (Å²) in [5, 5.41) is 12.5. The summed E-state index contributed by atoms with van der Waals surface area (Å²) in [7, 11) is 1.36. The largest absolute Gasteiger partial charge is 0.503 e. The average molecular weight is 428 g/mol. The highest BCUT2D eigenvalue weighted by Gasteiger charge is 2.26. The maximum absolute atomic E-state index is 12.5. The van der Waals surface area contributed by atoms with Gasteiger partial charge in [0.1, 0.15) is 12.1 Å². The van der Waals surface area contributed by atoms with Crippen molar-refractivity contribution in [1.29, 1.82) is 0 Å². The van der Waals surface area contributed by atoms with Crippen LogP contribution >= 0.6 is 0 Å². The summed E-state index contributed by atoms with van der Waals surface area (Å²) in [5.41, 5.74) is 0.754. The number of aromatic hydroxyl groups is 1. The van der Waals surface area contributed by atoms with Gasteiger partial charge in [-0.2, -0.15) is 0 Å². The second kappa shape index (κ2) is 11.7. The fourth-order valence-electron chi connectivity index (χ4n) is 2.79. The zero-order valence-corrected chi connectivity index (χ0v) is 17.9. The lowest BCUT2D eigenvalue weighted by Gasteiger charge is -2.25. The van der Waals surface area contributed by atoms with Gasteiger partial charge in [-0.1, -0.05) is 36.4 Å². The van der Waals surface area contributed by atoms with Gasteiger partial charge in [0, 0.05) is 12.3 Å². The number of hydrogen-bond acceptors (Lipinski definition) is 7. The molecule has 1 amide bonds. The van der Waals surface area contributed by atoms with Crippen LogP contribution in [-0.2, 0) is 20.9 Å². The van der Waals surface area contributed by atoms with E-state index in [1.165, 1.54) is 26.3 Å². The Bertz CT molecular complexity index is 887. The lowest BCUT2D eigenvalue weighted by atomic mass is 10.1. The fourth-order valence-corrected chi connectivity index (χ4v) is 2.79. The zero-order chi connectivity index (χ0) is 22.8. The Morgan fingerprint density at radius 1 is 1.23 bits per heavy atom. The van der Waals surface area contributed by atoms with Crippen LogP contribution in [0.5, 0.6) is 11.5 Å². The summed E-state index contributed by atoms with van der Waals surface area (Å²) >= 11 is 0. The summed E-state index contributed by atoms with van der Waals surface area (Å²) in [6.07, 6.45) is 2.54. The van der Waals surface area contributed by atoms with Gasteiger partial charge in [0.25, 0.3) is 5.91 Å². The number of carbonyl (C=O) groups excluding carboxylic acids is 2. The number of nitrogens with zero attached hydrogens (tertiary/aromatic N) is 1. The van der Waals surface area contributed by atoms with Crippen LogP contribution in [-0.4, -0.2) is 47.3 Å². The summed E-state index contributed by atoms with van der Waals surface area (Å²) in [6, 6.07) is 10.1. The second-order valence-electron chi connectivity index (χ2n) is 6.91. The minimum atomic E-state index is -0.971. The number of aromatic nitrogens is 1. The van der Waals surface area contributed by atoms with E-state index in [4.69, 9.17) is 14.2 Å². The van der Waals surface area contributed by atoms with Crippen LogP contribution in [0.4, 0.5) is 0 Å². The summed E-state index contributed by atoms with van der Waals surface area (Å²) < 4.78 is 16.4. The summed E-state index contributed by atoms with van der Waals surface area (Å²) in [5.74, 6) is -1.67. The molecule has 0 spiro atoms. The molecule has 8 heteroatoms. The van der Waals surface area contributed by atoms with E-state index in [9.17, 15) is 14.7 Å². The molecule has 0 radical (unpaired) electrons.